The van der Waals surface area contributed by atoms with Crippen molar-refractivity contribution in [2.75, 3.05) is 48.6 Å². The second-order valence-corrected chi connectivity index (χ2v) is 9.13. The fourth-order valence-corrected chi connectivity index (χ4v) is 4.89. The molecule has 35 heavy (non-hydrogen) atoms. The first kappa shape index (κ1) is 24.8. The SMILES string of the molecule is CONc1cc(C(=O)N(CCO)C(C)C)ccc1N1CCC(N2C(=O)OCc3ccccc32)CC1. The maximum atomic E-state index is 13.1. The lowest BCUT2D eigenvalue weighted by Crippen LogP contribution is -2.49. The van der Waals surface area contributed by atoms with Crippen molar-refractivity contribution in [2.45, 2.75) is 45.4 Å². The van der Waals surface area contributed by atoms with Gasteiger partial charge in [0.15, 0.2) is 0 Å². The average Bonchev–Trinajstić information content (AvgIpc) is 2.87. The van der Waals surface area contributed by atoms with Crippen LogP contribution < -0.4 is 15.3 Å². The number of fused-ring (bicyclic) bond motifs is 1. The molecule has 9 heteroatoms. The number of nitrogens with zero attached hydrogens (tertiary/aromatic N) is 3. The van der Waals surface area contributed by atoms with Gasteiger partial charge in [-0.25, -0.2) is 4.79 Å². The second-order valence-electron chi connectivity index (χ2n) is 9.13. The predicted molar refractivity (Wildman–Crippen MR) is 135 cm³/mol. The molecular weight excluding hydrogens is 448 g/mol. The number of hydrogen-bond donors (Lipinski definition) is 2. The Morgan fingerprint density at radius 1 is 1.20 bits per heavy atom. The summed E-state index contributed by atoms with van der Waals surface area (Å²) in [5, 5.41) is 9.36. The Morgan fingerprint density at radius 2 is 1.94 bits per heavy atom. The van der Waals surface area contributed by atoms with Crippen molar-refractivity contribution >= 4 is 29.1 Å². The van der Waals surface area contributed by atoms with Gasteiger partial charge in [-0.05, 0) is 51.0 Å². The zero-order chi connectivity index (χ0) is 24.9. The third kappa shape index (κ3) is 5.21. The van der Waals surface area contributed by atoms with Crippen molar-refractivity contribution in [3.8, 4) is 0 Å². The lowest BCUT2D eigenvalue weighted by molar-refractivity contribution is 0.0665. The number of carbonyl (C=O) groups excluding carboxylic acids is 2. The van der Waals surface area contributed by atoms with Crippen molar-refractivity contribution in [3.05, 3.63) is 53.6 Å². The lowest BCUT2D eigenvalue weighted by Gasteiger charge is -2.41. The highest BCUT2D eigenvalue weighted by molar-refractivity contribution is 5.96. The van der Waals surface area contributed by atoms with Gasteiger partial charge in [-0.15, -0.1) is 0 Å². The zero-order valence-corrected chi connectivity index (χ0v) is 20.6. The Labute approximate surface area is 206 Å². The first-order valence-corrected chi connectivity index (χ1v) is 12.1. The number of benzene rings is 2. The lowest BCUT2D eigenvalue weighted by atomic mass is 9.99. The largest absolute Gasteiger partial charge is 0.444 e. The number of aliphatic hydroxyl groups excluding tert-OH is 1. The molecule has 0 aliphatic carbocycles. The minimum Gasteiger partial charge on any atom is -0.444 e. The van der Waals surface area contributed by atoms with E-state index in [9.17, 15) is 14.7 Å². The van der Waals surface area contributed by atoms with E-state index in [2.05, 4.69) is 10.4 Å². The van der Waals surface area contributed by atoms with Gasteiger partial charge < -0.3 is 19.6 Å². The van der Waals surface area contributed by atoms with Gasteiger partial charge in [0.25, 0.3) is 5.91 Å². The summed E-state index contributed by atoms with van der Waals surface area (Å²) in [4.78, 5) is 36.6. The summed E-state index contributed by atoms with van der Waals surface area (Å²) in [6.45, 7) is 5.84. The second kappa shape index (κ2) is 11.0. The summed E-state index contributed by atoms with van der Waals surface area (Å²) in [6.07, 6.45) is 1.28. The molecule has 9 nitrogen and oxygen atoms in total. The van der Waals surface area contributed by atoms with Crippen LogP contribution >= 0.6 is 0 Å². The van der Waals surface area contributed by atoms with Crippen LogP contribution in [0.25, 0.3) is 0 Å². The third-order valence-corrected chi connectivity index (χ3v) is 6.65. The van der Waals surface area contributed by atoms with E-state index < -0.39 is 0 Å². The van der Waals surface area contributed by atoms with Gasteiger partial charge in [0.2, 0.25) is 0 Å². The number of piperidine rings is 1. The smallest absolute Gasteiger partial charge is 0.414 e. The molecule has 0 aromatic heterocycles. The Balaban J connectivity index is 1.50. The van der Waals surface area contributed by atoms with E-state index in [1.165, 1.54) is 7.11 Å². The van der Waals surface area contributed by atoms with Crippen LogP contribution in [0.1, 0.15) is 42.6 Å². The van der Waals surface area contributed by atoms with Crippen molar-refractivity contribution in [2.24, 2.45) is 0 Å². The van der Waals surface area contributed by atoms with E-state index in [-0.39, 0.29) is 37.2 Å². The number of amides is 2. The van der Waals surface area contributed by atoms with Crippen LogP contribution in [0.2, 0.25) is 0 Å². The van der Waals surface area contributed by atoms with Gasteiger partial charge in [-0.3, -0.25) is 20.0 Å². The van der Waals surface area contributed by atoms with Crippen molar-refractivity contribution < 1.29 is 24.3 Å². The molecule has 0 radical (unpaired) electrons. The number of nitrogens with one attached hydrogen (secondary N) is 1. The van der Waals surface area contributed by atoms with E-state index in [0.29, 0.717) is 17.9 Å². The maximum Gasteiger partial charge on any atom is 0.414 e. The molecule has 188 valence electrons. The van der Waals surface area contributed by atoms with Crippen LogP contribution in [-0.2, 0) is 16.2 Å². The molecule has 0 spiro atoms. The fraction of sp³-hybridized carbons (Fsp3) is 0.462. The van der Waals surface area contributed by atoms with Gasteiger partial charge in [0.1, 0.15) is 6.61 Å². The van der Waals surface area contributed by atoms with Gasteiger partial charge in [-0.2, -0.15) is 0 Å². The van der Waals surface area contributed by atoms with Crippen LogP contribution in [0.5, 0.6) is 0 Å². The van der Waals surface area contributed by atoms with Crippen LogP contribution in [0.3, 0.4) is 0 Å². The highest BCUT2D eigenvalue weighted by Gasteiger charge is 2.34. The molecule has 0 bridgehead atoms. The molecule has 2 amide bonds. The van der Waals surface area contributed by atoms with Gasteiger partial charge in [0.05, 0.1) is 30.8 Å². The number of cyclic esters (lactones) is 1. The topological polar surface area (TPSA) is 94.6 Å². The molecule has 2 aromatic carbocycles. The monoisotopic (exact) mass is 482 g/mol. The molecule has 0 saturated carbocycles. The van der Waals surface area contributed by atoms with E-state index in [1.54, 1.807) is 15.9 Å². The minimum atomic E-state index is -0.288. The van der Waals surface area contributed by atoms with E-state index in [4.69, 9.17) is 9.57 Å². The molecule has 0 unspecified atom stereocenters. The van der Waals surface area contributed by atoms with Crippen molar-refractivity contribution in [1.82, 2.24) is 4.90 Å². The summed E-state index contributed by atoms with van der Waals surface area (Å²) in [5.74, 6) is -0.138. The number of hydrogen-bond acceptors (Lipinski definition) is 7. The fourth-order valence-electron chi connectivity index (χ4n) is 4.89. The van der Waals surface area contributed by atoms with Crippen LogP contribution in [-0.4, -0.2) is 67.4 Å². The number of para-hydroxylation sites is 1. The molecule has 1 fully saturated rings. The van der Waals surface area contributed by atoms with Crippen LogP contribution in [0.15, 0.2) is 42.5 Å². The molecule has 2 aliphatic heterocycles. The van der Waals surface area contributed by atoms with Crippen molar-refractivity contribution in [1.29, 1.82) is 0 Å². The molecule has 2 aromatic rings. The highest BCUT2D eigenvalue weighted by Crippen LogP contribution is 2.35. The molecule has 4 rings (SSSR count). The van der Waals surface area contributed by atoms with Gasteiger partial charge >= 0.3 is 6.09 Å². The summed E-state index contributed by atoms with van der Waals surface area (Å²) in [7, 11) is 1.54. The predicted octanol–water partition coefficient (Wildman–Crippen LogP) is 3.63. The molecular formula is C26H34N4O5. The number of anilines is 3. The molecule has 2 aliphatic rings. The Bertz CT molecular complexity index is 1050. The summed E-state index contributed by atoms with van der Waals surface area (Å²) in [5.41, 5.74) is 7.04. The Hall–Kier alpha value is -3.30. The third-order valence-electron chi connectivity index (χ3n) is 6.65. The molecule has 0 atom stereocenters. The first-order chi connectivity index (χ1) is 16.9. The Kier molecular flexibility index (Phi) is 7.77. The molecule has 2 heterocycles. The number of aliphatic hydroxyl groups is 1. The van der Waals surface area contributed by atoms with E-state index in [1.807, 2.05) is 50.2 Å². The van der Waals surface area contributed by atoms with Gasteiger partial charge in [-0.1, -0.05) is 18.2 Å². The van der Waals surface area contributed by atoms with Crippen molar-refractivity contribution in [3.63, 3.8) is 0 Å². The number of rotatable bonds is 8. The quantitative estimate of drug-likeness (QED) is 0.555. The number of carbonyl (C=O) groups is 2. The van der Waals surface area contributed by atoms with Crippen LogP contribution in [0.4, 0.5) is 21.9 Å². The normalized spacial score (nSPS) is 16.2. The van der Waals surface area contributed by atoms with E-state index >= 15 is 0 Å². The number of ether oxygens (including phenoxy) is 1. The highest BCUT2D eigenvalue weighted by atomic mass is 16.6. The van der Waals surface area contributed by atoms with Crippen LogP contribution in [0, 0.1) is 0 Å². The zero-order valence-electron chi connectivity index (χ0n) is 20.6. The summed E-state index contributed by atoms with van der Waals surface area (Å²) >= 11 is 0. The van der Waals surface area contributed by atoms with Gasteiger partial charge in [0, 0.05) is 42.8 Å². The molecule has 1 saturated heterocycles. The average molecular weight is 483 g/mol. The van der Waals surface area contributed by atoms with E-state index in [0.717, 1.165) is 42.9 Å². The standard InChI is InChI=1S/C26H34N4O5/c1-18(2)29(14-15-31)25(32)19-8-9-24(22(16-19)27-34-3)28-12-10-21(11-13-28)30-23-7-5-4-6-20(23)17-35-26(30)33/h4-9,16,18,21,27,31H,10-15,17H2,1-3H3. The first-order valence-electron chi connectivity index (χ1n) is 12.1. The summed E-state index contributed by atoms with van der Waals surface area (Å²) in [6, 6.07) is 13.4. The minimum absolute atomic E-state index is 0.0289. The summed E-state index contributed by atoms with van der Waals surface area (Å²) < 4.78 is 5.42. The maximum absolute atomic E-state index is 13.1. The Morgan fingerprint density at radius 3 is 2.63 bits per heavy atom. The molecule has 2 N–H and O–H groups in total.